The Morgan fingerprint density at radius 2 is 2.05 bits per heavy atom. The summed E-state index contributed by atoms with van der Waals surface area (Å²) < 4.78 is 6.79. The molecule has 106 valence electrons. The minimum absolute atomic E-state index is 0.0273. The molecular weight excluding hydrogens is 266 g/mol. The number of ether oxygens (including phenoxy) is 1. The number of fused-ring (bicyclic) bond motifs is 1. The number of nitrogens with zero attached hydrogens (tertiary/aromatic N) is 2. The predicted molar refractivity (Wildman–Crippen MR) is 81.1 cm³/mol. The Bertz CT molecular complexity index is 747. The maximum absolute atomic E-state index is 11.7. The lowest BCUT2D eigenvalue weighted by Gasteiger charge is -2.08. The third kappa shape index (κ3) is 2.78. The first kappa shape index (κ1) is 13.3. The highest BCUT2D eigenvalue weighted by atomic mass is 16.5. The molecule has 3 aromatic rings. The van der Waals surface area contributed by atoms with Crippen LogP contribution in [0.15, 0.2) is 54.9 Å². The molecule has 3 rings (SSSR count). The van der Waals surface area contributed by atoms with Gasteiger partial charge in [-0.2, -0.15) is 0 Å². The number of methoxy groups -OCH3 is 1. The minimum Gasteiger partial charge on any atom is -0.375 e. The summed E-state index contributed by atoms with van der Waals surface area (Å²) in [7, 11) is 1.49. The van der Waals surface area contributed by atoms with Gasteiger partial charge in [0, 0.05) is 25.1 Å². The molecule has 0 unspecified atom stereocenters. The van der Waals surface area contributed by atoms with Crippen LogP contribution in [0.25, 0.3) is 16.9 Å². The second-order valence-electron chi connectivity index (χ2n) is 4.62. The fourth-order valence-electron chi connectivity index (χ4n) is 2.20. The zero-order valence-corrected chi connectivity index (χ0v) is 11.6. The Labute approximate surface area is 122 Å². The van der Waals surface area contributed by atoms with Crippen LogP contribution in [0.5, 0.6) is 0 Å². The van der Waals surface area contributed by atoms with Crippen LogP contribution >= 0.6 is 0 Å². The number of carbonyl (C=O) groups is 1. The molecule has 0 saturated heterocycles. The van der Waals surface area contributed by atoms with Crippen molar-refractivity contribution in [3.63, 3.8) is 0 Å². The van der Waals surface area contributed by atoms with Crippen molar-refractivity contribution in [2.45, 2.75) is 0 Å². The van der Waals surface area contributed by atoms with E-state index in [-0.39, 0.29) is 12.5 Å². The summed E-state index contributed by atoms with van der Waals surface area (Å²) in [4.78, 5) is 16.3. The molecule has 1 amide bonds. The number of benzene rings is 1. The molecule has 5 heteroatoms. The molecule has 0 aliphatic heterocycles. The molecule has 5 nitrogen and oxygen atoms in total. The van der Waals surface area contributed by atoms with Crippen molar-refractivity contribution in [1.29, 1.82) is 0 Å². The highest BCUT2D eigenvalue weighted by Crippen LogP contribution is 2.27. The molecule has 0 spiro atoms. The van der Waals surface area contributed by atoms with E-state index in [1.54, 1.807) is 0 Å². The summed E-state index contributed by atoms with van der Waals surface area (Å²) in [6, 6.07) is 13.4. The first-order valence-corrected chi connectivity index (χ1v) is 6.60. The number of imidazole rings is 1. The van der Waals surface area contributed by atoms with E-state index in [1.807, 2.05) is 59.3 Å². The number of hydrogen-bond donors (Lipinski definition) is 1. The lowest BCUT2D eigenvalue weighted by atomic mass is 10.1. The summed E-state index contributed by atoms with van der Waals surface area (Å²) in [5.41, 5.74) is 3.29. The molecule has 0 aliphatic rings. The molecule has 0 fully saturated rings. The van der Waals surface area contributed by atoms with Gasteiger partial charge in [0.2, 0.25) is 5.91 Å². The maximum atomic E-state index is 11.7. The number of hydrogen-bond acceptors (Lipinski definition) is 3. The monoisotopic (exact) mass is 281 g/mol. The number of aromatic nitrogens is 2. The molecule has 21 heavy (non-hydrogen) atoms. The van der Waals surface area contributed by atoms with Gasteiger partial charge in [-0.3, -0.25) is 4.79 Å². The van der Waals surface area contributed by atoms with Crippen LogP contribution in [0, 0.1) is 0 Å². The van der Waals surface area contributed by atoms with Gasteiger partial charge in [-0.15, -0.1) is 0 Å². The largest absolute Gasteiger partial charge is 0.375 e. The highest BCUT2D eigenvalue weighted by molar-refractivity contribution is 5.95. The molecule has 2 heterocycles. The standard InChI is InChI=1S/C16H15N3O2/c1-21-11-16(20)18-13-7-3-2-6-12(13)14-10-19-9-5-4-8-15(19)17-14/h2-10H,11H2,1H3,(H,18,20). The van der Waals surface area contributed by atoms with Gasteiger partial charge >= 0.3 is 0 Å². The van der Waals surface area contributed by atoms with E-state index < -0.39 is 0 Å². The number of pyridine rings is 1. The third-order valence-corrected chi connectivity index (χ3v) is 3.12. The van der Waals surface area contributed by atoms with E-state index in [2.05, 4.69) is 10.3 Å². The molecule has 1 aromatic carbocycles. The summed E-state index contributed by atoms with van der Waals surface area (Å²) in [6.45, 7) is 0.0273. The van der Waals surface area contributed by atoms with Crippen LogP contribution in [-0.2, 0) is 9.53 Å². The third-order valence-electron chi connectivity index (χ3n) is 3.12. The Hall–Kier alpha value is -2.66. The van der Waals surface area contributed by atoms with Crippen molar-refractivity contribution in [2.24, 2.45) is 0 Å². The molecule has 2 aromatic heterocycles. The van der Waals surface area contributed by atoms with Crippen LogP contribution in [0.2, 0.25) is 0 Å². The van der Waals surface area contributed by atoms with Crippen LogP contribution in [0.1, 0.15) is 0 Å². The lowest BCUT2D eigenvalue weighted by Crippen LogP contribution is -2.17. The van der Waals surface area contributed by atoms with Gasteiger partial charge in [-0.1, -0.05) is 24.3 Å². The van der Waals surface area contributed by atoms with Crippen molar-refractivity contribution < 1.29 is 9.53 Å². The Morgan fingerprint density at radius 1 is 1.24 bits per heavy atom. The van der Waals surface area contributed by atoms with E-state index in [0.29, 0.717) is 0 Å². The Kier molecular flexibility index (Phi) is 3.66. The first-order valence-electron chi connectivity index (χ1n) is 6.60. The molecular formula is C16H15N3O2. The molecule has 0 radical (unpaired) electrons. The van der Waals surface area contributed by atoms with E-state index in [9.17, 15) is 4.79 Å². The van der Waals surface area contributed by atoms with Crippen LogP contribution in [0.3, 0.4) is 0 Å². The van der Waals surface area contributed by atoms with Gasteiger partial charge in [0.05, 0.1) is 11.4 Å². The van der Waals surface area contributed by atoms with Crippen LogP contribution in [-0.4, -0.2) is 29.0 Å². The summed E-state index contributed by atoms with van der Waals surface area (Å²) >= 11 is 0. The van der Waals surface area contributed by atoms with Gasteiger partial charge in [0.25, 0.3) is 0 Å². The van der Waals surface area contributed by atoms with Crippen LogP contribution in [0.4, 0.5) is 5.69 Å². The first-order chi connectivity index (χ1) is 10.3. The zero-order valence-electron chi connectivity index (χ0n) is 11.6. The van der Waals surface area contributed by atoms with Gasteiger partial charge in [0.15, 0.2) is 0 Å². The highest BCUT2D eigenvalue weighted by Gasteiger charge is 2.10. The number of carbonyl (C=O) groups excluding carboxylic acids is 1. The van der Waals surface area contributed by atoms with Crippen molar-refractivity contribution in [3.8, 4) is 11.3 Å². The maximum Gasteiger partial charge on any atom is 0.250 e. The van der Waals surface area contributed by atoms with Crippen molar-refractivity contribution >= 4 is 17.2 Å². The van der Waals surface area contributed by atoms with Gasteiger partial charge in [-0.25, -0.2) is 4.98 Å². The number of nitrogens with one attached hydrogen (secondary N) is 1. The van der Waals surface area contributed by atoms with E-state index in [0.717, 1.165) is 22.6 Å². The van der Waals surface area contributed by atoms with E-state index in [1.165, 1.54) is 7.11 Å². The SMILES string of the molecule is COCC(=O)Nc1ccccc1-c1cn2ccccc2n1. The Balaban J connectivity index is 1.99. The molecule has 0 bridgehead atoms. The number of para-hydroxylation sites is 1. The van der Waals surface area contributed by atoms with E-state index >= 15 is 0 Å². The number of anilines is 1. The molecule has 0 aliphatic carbocycles. The van der Waals surface area contributed by atoms with Crippen LogP contribution < -0.4 is 5.32 Å². The predicted octanol–water partition coefficient (Wildman–Crippen LogP) is 2.59. The minimum atomic E-state index is -0.186. The second kappa shape index (κ2) is 5.76. The van der Waals surface area contributed by atoms with Gasteiger partial charge in [0.1, 0.15) is 12.3 Å². The van der Waals surface area contributed by atoms with E-state index in [4.69, 9.17) is 4.74 Å². The van der Waals surface area contributed by atoms with Crippen molar-refractivity contribution in [3.05, 3.63) is 54.9 Å². The summed E-state index contributed by atoms with van der Waals surface area (Å²) in [6.07, 6.45) is 3.88. The number of rotatable bonds is 4. The average Bonchev–Trinajstić information content (AvgIpc) is 2.91. The number of amides is 1. The second-order valence-corrected chi connectivity index (χ2v) is 4.62. The van der Waals surface area contributed by atoms with Crippen molar-refractivity contribution in [2.75, 3.05) is 19.0 Å². The van der Waals surface area contributed by atoms with Gasteiger partial charge in [-0.05, 0) is 18.2 Å². The van der Waals surface area contributed by atoms with Crippen molar-refractivity contribution in [1.82, 2.24) is 9.38 Å². The fourth-order valence-corrected chi connectivity index (χ4v) is 2.20. The average molecular weight is 281 g/mol. The lowest BCUT2D eigenvalue weighted by molar-refractivity contribution is -0.119. The fraction of sp³-hybridized carbons (Fsp3) is 0.125. The Morgan fingerprint density at radius 3 is 2.86 bits per heavy atom. The normalized spacial score (nSPS) is 10.7. The smallest absolute Gasteiger partial charge is 0.250 e. The van der Waals surface area contributed by atoms with Gasteiger partial charge < -0.3 is 14.5 Å². The quantitative estimate of drug-likeness (QED) is 0.799. The summed E-state index contributed by atoms with van der Waals surface area (Å²) in [5, 5.41) is 2.84. The summed E-state index contributed by atoms with van der Waals surface area (Å²) in [5.74, 6) is -0.186. The molecule has 0 atom stereocenters. The molecule has 1 N–H and O–H groups in total. The topological polar surface area (TPSA) is 55.6 Å². The zero-order chi connectivity index (χ0) is 14.7. The molecule has 0 saturated carbocycles.